The summed E-state index contributed by atoms with van der Waals surface area (Å²) in [6.45, 7) is -0.0912. The summed E-state index contributed by atoms with van der Waals surface area (Å²) >= 11 is 6.55. The Balaban J connectivity index is 2.03. The number of carbonyl (C=O) groups excluding carboxylic acids is 2. The van der Waals surface area contributed by atoms with Gasteiger partial charge in [-0.2, -0.15) is 0 Å². The van der Waals surface area contributed by atoms with Crippen LogP contribution in [0.3, 0.4) is 0 Å². The predicted octanol–water partition coefficient (Wildman–Crippen LogP) is 3.66. The lowest BCUT2D eigenvalue weighted by atomic mass is 10.1. The van der Waals surface area contributed by atoms with E-state index in [9.17, 15) is 9.59 Å². The monoisotopic (exact) mass is 430 g/mol. The fourth-order valence-corrected chi connectivity index (χ4v) is 3.70. The summed E-state index contributed by atoms with van der Waals surface area (Å²) in [5, 5.41) is 1.11. The molecule has 7 nitrogen and oxygen atoms in total. The molecule has 158 valence electrons. The number of rotatable bonds is 7. The number of para-hydroxylation sites is 1. The van der Waals surface area contributed by atoms with Crippen LogP contribution in [0.4, 0.5) is 0 Å². The molecule has 0 atom stereocenters. The van der Waals surface area contributed by atoms with Crippen LogP contribution in [0.25, 0.3) is 10.9 Å². The van der Waals surface area contributed by atoms with Crippen molar-refractivity contribution in [2.45, 2.75) is 6.54 Å². The van der Waals surface area contributed by atoms with Crippen molar-refractivity contribution in [3.05, 3.63) is 58.7 Å². The normalized spacial score (nSPS) is 10.7. The highest BCUT2D eigenvalue weighted by molar-refractivity contribution is 6.38. The zero-order valence-corrected chi connectivity index (χ0v) is 18.0. The van der Waals surface area contributed by atoms with Crippen LogP contribution in [0, 0.1) is 0 Å². The minimum Gasteiger partial charge on any atom is -0.497 e. The third kappa shape index (κ3) is 4.21. The molecule has 3 rings (SSSR count). The van der Waals surface area contributed by atoms with Crippen LogP contribution >= 0.6 is 11.6 Å². The summed E-state index contributed by atoms with van der Waals surface area (Å²) < 4.78 is 17.1. The van der Waals surface area contributed by atoms with E-state index in [1.54, 1.807) is 44.0 Å². The van der Waals surface area contributed by atoms with Gasteiger partial charge in [-0.1, -0.05) is 29.8 Å². The van der Waals surface area contributed by atoms with Crippen LogP contribution in [0.5, 0.6) is 11.5 Å². The Bertz CT molecular complexity index is 1030. The quantitative estimate of drug-likeness (QED) is 0.535. The molecule has 0 aliphatic carbocycles. The smallest absolute Gasteiger partial charge is 0.325 e. The number of nitrogens with zero attached hydrogens (tertiary/aromatic N) is 2. The van der Waals surface area contributed by atoms with E-state index in [0.717, 1.165) is 16.5 Å². The van der Waals surface area contributed by atoms with Crippen molar-refractivity contribution in [2.75, 3.05) is 27.9 Å². The molecule has 0 unspecified atom stereocenters. The largest absolute Gasteiger partial charge is 0.497 e. The molecule has 0 fully saturated rings. The van der Waals surface area contributed by atoms with Crippen molar-refractivity contribution in [3.63, 3.8) is 0 Å². The average Bonchev–Trinajstić information content (AvgIpc) is 3.02. The minimum atomic E-state index is -0.534. The highest BCUT2D eigenvalue weighted by Gasteiger charge is 2.26. The van der Waals surface area contributed by atoms with Gasteiger partial charge in [-0.05, 0) is 23.8 Å². The summed E-state index contributed by atoms with van der Waals surface area (Å²) in [6.07, 6.45) is 0. The van der Waals surface area contributed by atoms with Crippen LogP contribution in [0.15, 0.2) is 42.5 Å². The molecule has 0 aliphatic rings. The van der Waals surface area contributed by atoms with Crippen molar-refractivity contribution in [2.24, 2.45) is 7.05 Å². The molecule has 0 radical (unpaired) electrons. The number of halogens is 1. The minimum absolute atomic E-state index is 0.138. The van der Waals surface area contributed by atoms with Gasteiger partial charge in [-0.3, -0.25) is 9.59 Å². The van der Waals surface area contributed by atoms with E-state index >= 15 is 0 Å². The second-order valence-electron chi connectivity index (χ2n) is 6.70. The van der Waals surface area contributed by atoms with Crippen molar-refractivity contribution in [3.8, 4) is 11.5 Å². The summed E-state index contributed by atoms with van der Waals surface area (Å²) in [7, 11) is 6.14. The lowest BCUT2D eigenvalue weighted by molar-refractivity contribution is -0.141. The van der Waals surface area contributed by atoms with Gasteiger partial charge < -0.3 is 23.7 Å². The molecule has 0 N–H and O–H groups in total. The molecule has 1 amide bonds. The molecule has 3 aromatic rings. The van der Waals surface area contributed by atoms with Gasteiger partial charge in [0.05, 0.1) is 26.4 Å². The summed E-state index contributed by atoms with van der Waals surface area (Å²) in [4.78, 5) is 26.9. The number of hydrogen-bond acceptors (Lipinski definition) is 5. The van der Waals surface area contributed by atoms with Crippen LogP contribution in [-0.2, 0) is 23.1 Å². The maximum atomic E-state index is 13.5. The number of fused-ring (bicyclic) bond motifs is 1. The molecule has 2 aromatic carbocycles. The molecule has 30 heavy (non-hydrogen) atoms. The Kier molecular flexibility index (Phi) is 6.52. The third-order valence-electron chi connectivity index (χ3n) is 4.87. The number of aryl methyl sites for hydroxylation is 1. The van der Waals surface area contributed by atoms with E-state index < -0.39 is 5.97 Å². The number of hydrogen-bond donors (Lipinski definition) is 0. The molecular formula is C22H23ClN2O5. The van der Waals surface area contributed by atoms with Crippen LogP contribution in [0.2, 0.25) is 5.02 Å². The van der Waals surface area contributed by atoms with Gasteiger partial charge in [0.15, 0.2) is 0 Å². The highest BCUT2D eigenvalue weighted by atomic mass is 35.5. The third-order valence-corrected chi connectivity index (χ3v) is 5.25. The molecule has 0 aliphatic heterocycles. The molecule has 1 aromatic heterocycles. The summed E-state index contributed by atoms with van der Waals surface area (Å²) in [5.41, 5.74) is 1.86. The van der Waals surface area contributed by atoms with E-state index in [4.69, 9.17) is 25.8 Å². The number of methoxy groups -OCH3 is 3. The lowest BCUT2D eigenvalue weighted by Crippen LogP contribution is -2.36. The van der Waals surface area contributed by atoms with Gasteiger partial charge in [0, 0.05) is 30.6 Å². The van der Waals surface area contributed by atoms with Crippen molar-refractivity contribution in [1.29, 1.82) is 0 Å². The summed E-state index contributed by atoms with van der Waals surface area (Å²) in [6, 6.07) is 12.8. The van der Waals surface area contributed by atoms with E-state index in [2.05, 4.69) is 0 Å². The molecule has 0 saturated carbocycles. The first-order valence-electron chi connectivity index (χ1n) is 9.20. The van der Waals surface area contributed by atoms with Gasteiger partial charge in [0.1, 0.15) is 23.7 Å². The number of amides is 1. The maximum Gasteiger partial charge on any atom is 0.325 e. The second kappa shape index (κ2) is 9.09. The highest BCUT2D eigenvalue weighted by Crippen LogP contribution is 2.31. The van der Waals surface area contributed by atoms with Gasteiger partial charge in [0.2, 0.25) is 0 Å². The van der Waals surface area contributed by atoms with Gasteiger partial charge in [-0.25, -0.2) is 0 Å². The molecule has 8 heteroatoms. The standard InChI is InChI=1S/C22H23ClN2O5/c1-24-18-8-6-5-7-17(18)20(23)21(24)22(27)25(13-19(26)30-4)12-14-9-15(28-2)11-16(10-14)29-3/h5-11H,12-13H2,1-4H3. The van der Waals surface area contributed by atoms with E-state index in [1.807, 2.05) is 24.3 Å². The van der Waals surface area contributed by atoms with E-state index in [0.29, 0.717) is 22.2 Å². The zero-order chi connectivity index (χ0) is 21.8. The van der Waals surface area contributed by atoms with Crippen LogP contribution < -0.4 is 9.47 Å². The Morgan fingerprint density at radius 3 is 2.23 bits per heavy atom. The van der Waals surface area contributed by atoms with Gasteiger partial charge in [0.25, 0.3) is 5.91 Å². The van der Waals surface area contributed by atoms with Crippen LogP contribution in [-0.4, -0.2) is 49.2 Å². The Hall–Kier alpha value is -3.19. The molecule has 0 spiro atoms. The number of benzene rings is 2. The Morgan fingerprint density at radius 2 is 1.67 bits per heavy atom. The first kappa shape index (κ1) is 21.5. The lowest BCUT2D eigenvalue weighted by Gasteiger charge is -2.23. The van der Waals surface area contributed by atoms with Crippen molar-refractivity contribution in [1.82, 2.24) is 9.47 Å². The molecular weight excluding hydrogens is 408 g/mol. The van der Waals surface area contributed by atoms with Crippen molar-refractivity contribution >= 4 is 34.4 Å². The van der Waals surface area contributed by atoms with E-state index in [1.165, 1.54) is 12.0 Å². The fourth-order valence-electron chi connectivity index (χ4n) is 3.33. The average molecular weight is 431 g/mol. The Labute approximate surface area is 179 Å². The van der Waals surface area contributed by atoms with Gasteiger partial charge >= 0.3 is 5.97 Å². The Morgan fingerprint density at radius 1 is 1.03 bits per heavy atom. The number of esters is 1. The van der Waals surface area contributed by atoms with Crippen LogP contribution in [0.1, 0.15) is 16.1 Å². The van der Waals surface area contributed by atoms with Gasteiger partial charge in [-0.15, -0.1) is 0 Å². The van der Waals surface area contributed by atoms with Crippen molar-refractivity contribution < 1.29 is 23.8 Å². The number of aromatic nitrogens is 1. The number of ether oxygens (including phenoxy) is 3. The second-order valence-corrected chi connectivity index (χ2v) is 7.07. The van der Waals surface area contributed by atoms with E-state index in [-0.39, 0.29) is 19.0 Å². The first-order chi connectivity index (χ1) is 14.4. The molecule has 0 bridgehead atoms. The molecule has 1 heterocycles. The SMILES string of the molecule is COC(=O)CN(Cc1cc(OC)cc(OC)c1)C(=O)c1c(Cl)c2ccccc2n1C. The molecule has 0 saturated heterocycles. The maximum absolute atomic E-state index is 13.5. The fraction of sp³-hybridized carbons (Fsp3) is 0.273. The first-order valence-corrected chi connectivity index (χ1v) is 9.58. The summed E-state index contributed by atoms with van der Waals surface area (Å²) in [5.74, 6) is 0.244. The topological polar surface area (TPSA) is 70.0 Å². The zero-order valence-electron chi connectivity index (χ0n) is 17.3. The number of carbonyl (C=O) groups is 2. The predicted molar refractivity (Wildman–Crippen MR) is 114 cm³/mol.